The summed E-state index contributed by atoms with van der Waals surface area (Å²) in [6.07, 6.45) is -0.0974. The van der Waals surface area contributed by atoms with Gasteiger partial charge in [-0.15, -0.1) is 0 Å². The van der Waals surface area contributed by atoms with Crippen molar-refractivity contribution in [2.45, 2.75) is 13.3 Å². The van der Waals surface area contributed by atoms with Crippen LogP contribution >= 0.6 is 23.2 Å². The molecule has 0 bridgehead atoms. The number of aromatic nitrogens is 2. The van der Waals surface area contributed by atoms with Crippen molar-refractivity contribution in [2.24, 2.45) is 0 Å². The van der Waals surface area contributed by atoms with Crippen molar-refractivity contribution in [1.82, 2.24) is 15.3 Å². The third kappa shape index (κ3) is 4.49. The first-order chi connectivity index (χ1) is 10.9. The second-order valence-electron chi connectivity index (χ2n) is 4.62. The van der Waals surface area contributed by atoms with E-state index in [0.717, 1.165) is 17.2 Å². The van der Waals surface area contributed by atoms with Gasteiger partial charge < -0.3 is 16.0 Å². The van der Waals surface area contributed by atoms with Gasteiger partial charge in [0.2, 0.25) is 5.95 Å². The van der Waals surface area contributed by atoms with Crippen LogP contribution in [0.4, 0.5) is 14.7 Å². The first-order valence-corrected chi connectivity index (χ1v) is 7.28. The molecule has 0 aliphatic rings. The number of halogens is 4. The van der Waals surface area contributed by atoms with Crippen molar-refractivity contribution in [1.29, 1.82) is 5.41 Å². The lowest BCUT2D eigenvalue weighted by atomic mass is 10.2. The molecule has 1 heterocycles. The Morgan fingerprint density at radius 2 is 2.17 bits per heavy atom. The van der Waals surface area contributed by atoms with Crippen LogP contribution in [0.5, 0.6) is 0 Å². The fraction of sp³-hybridized carbons (Fsp3) is 0.214. The average molecular weight is 360 g/mol. The largest absolute Gasteiger partial charge is 0.368 e. The Labute approximate surface area is 141 Å². The maximum absolute atomic E-state index is 12.2. The quantitative estimate of drug-likeness (QED) is 0.539. The van der Waals surface area contributed by atoms with Crippen molar-refractivity contribution in [3.8, 4) is 0 Å². The second kappa shape index (κ2) is 7.52. The summed E-state index contributed by atoms with van der Waals surface area (Å²) in [5, 5.41) is 13.6. The van der Waals surface area contributed by atoms with E-state index in [9.17, 15) is 8.78 Å². The molecule has 23 heavy (non-hydrogen) atoms. The summed E-state index contributed by atoms with van der Waals surface area (Å²) in [6.45, 7) is 1.24. The summed E-state index contributed by atoms with van der Waals surface area (Å²) in [5.74, 6) is 0.190. The van der Waals surface area contributed by atoms with Gasteiger partial charge in [0.1, 0.15) is 5.16 Å². The first kappa shape index (κ1) is 17.4. The molecule has 0 amide bonds. The summed E-state index contributed by atoms with van der Waals surface area (Å²) in [4.78, 5) is 8.38. The molecular weight excluding hydrogens is 347 g/mol. The summed E-state index contributed by atoms with van der Waals surface area (Å²) < 4.78 is 24.4. The van der Waals surface area contributed by atoms with Crippen LogP contribution in [0.2, 0.25) is 5.02 Å². The first-order valence-electron chi connectivity index (χ1n) is 6.53. The minimum Gasteiger partial charge on any atom is -0.368 e. The zero-order valence-corrected chi connectivity index (χ0v) is 13.5. The predicted molar refractivity (Wildman–Crippen MR) is 88.6 cm³/mol. The van der Waals surface area contributed by atoms with Crippen LogP contribution in [0.15, 0.2) is 29.2 Å². The number of aryl methyl sites for hydroxylation is 1. The van der Waals surface area contributed by atoms with E-state index in [4.69, 9.17) is 28.6 Å². The molecule has 3 N–H and O–H groups in total. The highest BCUT2D eigenvalue weighted by Gasteiger charge is 2.09. The fourth-order valence-electron chi connectivity index (χ4n) is 1.75. The molecule has 0 unspecified atom stereocenters. The van der Waals surface area contributed by atoms with Crippen molar-refractivity contribution in [3.63, 3.8) is 0 Å². The Balaban J connectivity index is 2.27. The van der Waals surface area contributed by atoms with Crippen molar-refractivity contribution in [3.05, 3.63) is 39.8 Å². The van der Waals surface area contributed by atoms with Gasteiger partial charge in [0.25, 0.3) is 6.43 Å². The van der Waals surface area contributed by atoms with E-state index in [0.29, 0.717) is 10.5 Å². The molecule has 5 nitrogen and oxygen atoms in total. The maximum atomic E-state index is 12.2. The van der Waals surface area contributed by atoms with Crippen LogP contribution in [-0.4, -0.2) is 29.2 Å². The normalized spacial score (nSPS) is 12.3. The zero-order valence-electron chi connectivity index (χ0n) is 12.0. The van der Waals surface area contributed by atoms with Crippen molar-refractivity contribution < 1.29 is 8.78 Å². The molecule has 0 aliphatic carbocycles. The van der Waals surface area contributed by atoms with Gasteiger partial charge in [-0.1, -0.05) is 23.2 Å². The predicted octanol–water partition coefficient (Wildman–Crippen LogP) is 3.92. The van der Waals surface area contributed by atoms with Gasteiger partial charge in [0.15, 0.2) is 0 Å². The number of benzene rings is 1. The van der Waals surface area contributed by atoms with Gasteiger partial charge in [-0.3, -0.25) is 0 Å². The number of nitrogens with one attached hydrogen (secondary N) is 3. The maximum Gasteiger partial charge on any atom is 0.255 e. The zero-order chi connectivity index (χ0) is 17.0. The van der Waals surface area contributed by atoms with Crippen LogP contribution in [-0.2, 0) is 0 Å². The smallest absolute Gasteiger partial charge is 0.255 e. The van der Waals surface area contributed by atoms with E-state index in [-0.39, 0.29) is 16.8 Å². The van der Waals surface area contributed by atoms with E-state index in [1.54, 1.807) is 18.3 Å². The van der Waals surface area contributed by atoms with Crippen LogP contribution < -0.4 is 10.6 Å². The molecule has 0 saturated heterocycles. The third-order valence-electron chi connectivity index (χ3n) is 2.90. The molecule has 0 atom stereocenters. The van der Waals surface area contributed by atoms with E-state index in [1.165, 1.54) is 0 Å². The van der Waals surface area contributed by atoms with Gasteiger partial charge in [0.05, 0.1) is 17.8 Å². The lowest BCUT2D eigenvalue weighted by Gasteiger charge is -2.10. The van der Waals surface area contributed by atoms with Crippen LogP contribution in [0.3, 0.4) is 0 Å². The minimum atomic E-state index is -2.56. The SMILES string of the molecule is Cc1cc2nc(N/C(C=N)=C(\Cl)NCC(F)F)ncc2cc1Cl. The Morgan fingerprint density at radius 1 is 1.43 bits per heavy atom. The number of rotatable bonds is 6. The summed E-state index contributed by atoms with van der Waals surface area (Å²) in [7, 11) is 0. The van der Waals surface area contributed by atoms with E-state index in [2.05, 4.69) is 20.6 Å². The highest BCUT2D eigenvalue weighted by molar-refractivity contribution is 6.32. The van der Waals surface area contributed by atoms with Crippen LogP contribution in [0.25, 0.3) is 10.9 Å². The second-order valence-corrected chi connectivity index (χ2v) is 5.41. The number of nitrogens with zero attached hydrogens (tertiary/aromatic N) is 2. The molecule has 2 rings (SSSR count). The van der Waals surface area contributed by atoms with Gasteiger partial charge in [-0.25, -0.2) is 18.7 Å². The van der Waals surface area contributed by atoms with Crippen molar-refractivity contribution >= 4 is 46.3 Å². The molecule has 1 aromatic heterocycles. The van der Waals surface area contributed by atoms with Crippen molar-refractivity contribution in [2.75, 3.05) is 11.9 Å². The standard InChI is InChI=1S/C14H13Cl2F2N5/c1-7-2-10-8(3-9(7)15)5-21-14(22-10)23-11(4-19)13(16)20-6-12(17)18/h2-5,12,19-20H,6H2,1H3,(H,21,22,23)/b13-11+,19-4?. The molecule has 0 fully saturated rings. The van der Waals surface area contributed by atoms with E-state index in [1.807, 2.05) is 6.92 Å². The lowest BCUT2D eigenvalue weighted by Crippen LogP contribution is -2.21. The Morgan fingerprint density at radius 3 is 2.83 bits per heavy atom. The fourth-order valence-corrected chi connectivity index (χ4v) is 2.10. The molecule has 0 spiro atoms. The molecule has 0 saturated carbocycles. The third-order valence-corrected chi connectivity index (χ3v) is 3.64. The van der Waals surface area contributed by atoms with Gasteiger partial charge >= 0.3 is 0 Å². The average Bonchev–Trinajstić information content (AvgIpc) is 2.51. The number of alkyl halides is 2. The van der Waals surface area contributed by atoms with Crippen LogP contribution in [0, 0.1) is 12.3 Å². The summed E-state index contributed by atoms with van der Waals surface area (Å²) in [6, 6.07) is 3.55. The van der Waals surface area contributed by atoms with Gasteiger partial charge in [-0.2, -0.15) is 0 Å². The highest BCUT2D eigenvalue weighted by atomic mass is 35.5. The number of fused-ring (bicyclic) bond motifs is 1. The monoisotopic (exact) mass is 359 g/mol. The molecule has 122 valence electrons. The molecule has 0 aliphatic heterocycles. The number of hydrogen-bond donors (Lipinski definition) is 3. The Kier molecular flexibility index (Phi) is 5.68. The molecule has 1 aromatic carbocycles. The summed E-state index contributed by atoms with van der Waals surface area (Å²) >= 11 is 11.9. The van der Waals surface area contributed by atoms with Gasteiger partial charge in [-0.05, 0) is 24.6 Å². The molecule has 2 aromatic rings. The minimum absolute atomic E-state index is 0.0809. The Bertz CT molecular complexity index is 764. The topological polar surface area (TPSA) is 73.7 Å². The molecule has 9 heteroatoms. The van der Waals surface area contributed by atoms with Crippen LogP contribution in [0.1, 0.15) is 5.56 Å². The van der Waals surface area contributed by atoms with E-state index < -0.39 is 13.0 Å². The number of hydrogen-bond acceptors (Lipinski definition) is 5. The Hall–Kier alpha value is -1.99. The highest BCUT2D eigenvalue weighted by Crippen LogP contribution is 2.22. The number of allylic oxidation sites excluding steroid dienone is 1. The van der Waals surface area contributed by atoms with E-state index >= 15 is 0 Å². The lowest BCUT2D eigenvalue weighted by molar-refractivity contribution is 0.150. The molecule has 0 radical (unpaired) electrons. The number of anilines is 1. The summed E-state index contributed by atoms with van der Waals surface area (Å²) in [5.41, 5.74) is 1.60. The van der Waals surface area contributed by atoms with Gasteiger partial charge in [0, 0.05) is 22.8 Å². The molecular formula is C14H13Cl2F2N5.